The number of nitrogens with two attached hydrogens (primary N) is 1. The molecule has 5 heteroatoms. The number of nitrogens with zero attached hydrogens (tertiary/aromatic N) is 1. The number of fused-ring (bicyclic) bond motifs is 1. The quantitative estimate of drug-likeness (QED) is 0.820. The second-order valence-electron chi connectivity index (χ2n) is 3.55. The maximum atomic E-state index is 11.8. The molecule has 0 radical (unpaired) electrons. The number of aromatic nitrogens is 1. The molecule has 0 aliphatic carbocycles. The van der Waals surface area contributed by atoms with Crippen LogP contribution in [0.2, 0.25) is 0 Å². The lowest BCUT2D eigenvalue weighted by molar-refractivity contribution is 0.676. The van der Waals surface area contributed by atoms with Crippen molar-refractivity contribution < 1.29 is 4.21 Å². The van der Waals surface area contributed by atoms with E-state index >= 15 is 0 Å². The zero-order chi connectivity index (χ0) is 11.0. The Morgan fingerprint density at radius 3 is 2.87 bits per heavy atom. The number of thiazole rings is 1. The molecule has 0 saturated carbocycles. The summed E-state index contributed by atoms with van der Waals surface area (Å²) in [6.07, 6.45) is 0. The maximum Gasteiger partial charge on any atom is 0.182 e. The van der Waals surface area contributed by atoms with Gasteiger partial charge >= 0.3 is 0 Å². The van der Waals surface area contributed by atoms with Gasteiger partial charge in [0.2, 0.25) is 0 Å². The van der Waals surface area contributed by atoms with E-state index in [9.17, 15) is 4.21 Å². The lowest BCUT2D eigenvalue weighted by Gasteiger charge is -1.98. The Labute approximate surface area is 94.8 Å². The number of rotatable bonds is 2. The summed E-state index contributed by atoms with van der Waals surface area (Å²) in [7, 11) is -1.01. The van der Waals surface area contributed by atoms with Crippen LogP contribution in [0, 0.1) is 0 Å². The summed E-state index contributed by atoms with van der Waals surface area (Å²) >= 11 is 1.46. The van der Waals surface area contributed by atoms with Crippen molar-refractivity contribution in [3.8, 4) is 0 Å². The first-order chi connectivity index (χ1) is 7.08. The van der Waals surface area contributed by atoms with Gasteiger partial charge in [-0.05, 0) is 18.2 Å². The van der Waals surface area contributed by atoms with E-state index in [1.54, 1.807) is 0 Å². The molecule has 1 atom stereocenters. The van der Waals surface area contributed by atoms with Crippen LogP contribution in [0.25, 0.3) is 10.2 Å². The number of nitrogen functional groups attached to an aromatic ring is 1. The van der Waals surface area contributed by atoms with Crippen LogP contribution in [0.1, 0.15) is 13.8 Å². The lowest BCUT2D eigenvalue weighted by Crippen LogP contribution is -2.04. The molecule has 0 spiro atoms. The molecule has 1 unspecified atom stereocenters. The van der Waals surface area contributed by atoms with E-state index in [2.05, 4.69) is 4.98 Å². The fourth-order valence-electron chi connectivity index (χ4n) is 1.21. The summed E-state index contributed by atoms with van der Waals surface area (Å²) < 4.78 is 13.5. The van der Waals surface area contributed by atoms with Gasteiger partial charge in [-0.2, -0.15) is 0 Å². The minimum atomic E-state index is -1.01. The smallest absolute Gasteiger partial charge is 0.182 e. The molecule has 3 nitrogen and oxygen atoms in total. The summed E-state index contributed by atoms with van der Waals surface area (Å²) in [4.78, 5) is 4.34. The van der Waals surface area contributed by atoms with E-state index in [0.29, 0.717) is 10.0 Å². The molecule has 0 aliphatic heterocycles. The SMILES string of the molecule is CC(C)S(=O)c1nc2ccc(N)cc2s1. The van der Waals surface area contributed by atoms with E-state index in [-0.39, 0.29) is 5.25 Å². The molecule has 0 saturated heterocycles. The number of hydrogen-bond donors (Lipinski definition) is 1. The molecule has 80 valence electrons. The Bertz CT molecular complexity index is 519. The highest BCUT2D eigenvalue weighted by Crippen LogP contribution is 2.27. The Hall–Kier alpha value is -0.940. The first-order valence-corrected chi connectivity index (χ1v) is 6.67. The van der Waals surface area contributed by atoms with Crippen LogP contribution in [0.4, 0.5) is 5.69 Å². The standard InChI is InChI=1S/C10H12N2OS2/c1-6(2)15(13)10-12-8-4-3-7(11)5-9(8)14-10/h3-6H,11H2,1-2H3. The molecule has 0 amide bonds. The minimum Gasteiger partial charge on any atom is -0.399 e. The van der Waals surface area contributed by atoms with Gasteiger partial charge in [0.15, 0.2) is 4.34 Å². The Balaban J connectivity index is 2.52. The molecule has 0 bridgehead atoms. The van der Waals surface area contributed by atoms with Gasteiger partial charge in [-0.25, -0.2) is 4.98 Å². The van der Waals surface area contributed by atoms with Crippen LogP contribution in [0.3, 0.4) is 0 Å². The van der Waals surface area contributed by atoms with Gasteiger partial charge in [-0.3, -0.25) is 4.21 Å². The van der Waals surface area contributed by atoms with Crippen LogP contribution >= 0.6 is 11.3 Å². The summed E-state index contributed by atoms with van der Waals surface area (Å²) in [5, 5.41) is 0.0999. The monoisotopic (exact) mass is 240 g/mol. The van der Waals surface area contributed by atoms with E-state index in [1.165, 1.54) is 11.3 Å². The van der Waals surface area contributed by atoms with Crippen molar-refractivity contribution in [3.63, 3.8) is 0 Å². The molecule has 0 fully saturated rings. The zero-order valence-corrected chi connectivity index (χ0v) is 10.2. The fourth-order valence-corrected chi connectivity index (χ4v) is 3.72. The van der Waals surface area contributed by atoms with Crippen molar-refractivity contribution in [2.75, 3.05) is 5.73 Å². The predicted molar refractivity (Wildman–Crippen MR) is 65.6 cm³/mol. The van der Waals surface area contributed by atoms with E-state index in [4.69, 9.17) is 5.73 Å². The lowest BCUT2D eigenvalue weighted by atomic mass is 10.3. The minimum absolute atomic E-state index is 0.0999. The van der Waals surface area contributed by atoms with Crippen LogP contribution in [0.15, 0.2) is 22.5 Å². The Morgan fingerprint density at radius 1 is 1.47 bits per heavy atom. The first kappa shape index (κ1) is 10.6. The Kier molecular flexibility index (Phi) is 2.75. The first-order valence-electron chi connectivity index (χ1n) is 4.64. The van der Waals surface area contributed by atoms with Crippen molar-refractivity contribution in [2.45, 2.75) is 23.4 Å². The van der Waals surface area contributed by atoms with E-state index in [1.807, 2.05) is 32.0 Å². The van der Waals surface area contributed by atoms with E-state index < -0.39 is 10.8 Å². The molecule has 2 N–H and O–H groups in total. The van der Waals surface area contributed by atoms with Crippen molar-refractivity contribution in [3.05, 3.63) is 18.2 Å². The third-order valence-corrected chi connectivity index (χ3v) is 4.84. The van der Waals surface area contributed by atoms with Gasteiger partial charge in [0.25, 0.3) is 0 Å². The molecule has 15 heavy (non-hydrogen) atoms. The van der Waals surface area contributed by atoms with Crippen LogP contribution in [-0.4, -0.2) is 14.4 Å². The third kappa shape index (κ3) is 2.03. The average Bonchev–Trinajstić information content (AvgIpc) is 2.58. The number of benzene rings is 1. The van der Waals surface area contributed by atoms with Crippen molar-refractivity contribution >= 4 is 38.0 Å². The molecule has 0 aliphatic rings. The van der Waals surface area contributed by atoms with Gasteiger partial charge in [0.05, 0.1) is 21.0 Å². The van der Waals surface area contributed by atoms with Crippen molar-refractivity contribution in [2.24, 2.45) is 0 Å². The van der Waals surface area contributed by atoms with Crippen molar-refractivity contribution in [1.82, 2.24) is 4.98 Å². The molecular formula is C10H12N2OS2. The normalized spacial score (nSPS) is 13.5. The second kappa shape index (κ2) is 3.90. The predicted octanol–water partition coefficient (Wildman–Crippen LogP) is 2.39. The largest absolute Gasteiger partial charge is 0.399 e. The van der Waals surface area contributed by atoms with Gasteiger partial charge in [0, 0.05) is 10.9 Å². The highest BCUT2D eigenvalue weighted by molar-refractivity contribution is 7.87. The van der Waals surface area contributed by atoms with Crippen molar-refractivity contribution in [1.29, 1.82) is 0 Å². The third-order valence-electron chi connectivity index (χ3n) is 1.99. The maximum absolute atomic E-state index is 11.8. The summed E-state index contributed by atoms with van der Waals surface area (Å²) in [5.74, 6) is 0. The number of hydrogen-bond acceptors (Lipinski definition) is 4. The van der Waals surface area contributed by atoms with Crippen LogP contribution in [0.5, 0.6) is 0 Å². The van der Waals surface area contributed by atoms with Gasteiger partial charge in [0.1, 0.15) is 0 Å². The molecule has 1 aromatic heterocycles. The van der Waals surface area contributed by atoms with Gasteiger partial charge in [-0.1, -0.05) is 13.8 Å². The highest BCUT2D eigenvalue weighted by atomic mass is 32.2. The fraction of sp³-hybridized carbons (Fsp3) is 0.300. The van der Waals surface area contributed by atoms with Gasteiger partial charge in [-0.15, -0.1) is 11.3 Å². The van der Waals surface area contributed by atoms with Crippen LogP contribution in [-0.2, 0) is 10.8 Å². The molecule has 1 heterocycles. The number of anilines is 1. The Morgan fingerprint density at radius 2 is 2.20 bits per heavy atom. The van der Waals surface area contributed by atoms with Gasteiger partial charge < -0.3 is 5.73 Å². The van der Waals surface area contributed by atoms with E-state index in [0.717, 1.165) is 10.2 Å². The van der Waals surface area contributed by atoms with Crippen LogP contribution < -0.4 is 5.73 Å². The molecular weight excluding hydrogens is 228 g/mol. The molecule has 2 aromatic rings. The highest BCUT2D eigenvalue weighted by Gasteiger charge is 2.13. The summed E-state index contributed by atoms with van der Waals surface area (Å²) in [6, 6.07) is 5.54. The summed E-state index contributed by atoms with van der Waals surface area (Å²) in [5.41, 5.74) is 7.26. The second-order valence-corrected chi connectivity index (χ2v) is 6.77. The summed E-state index contributed by atoms with van der Waals surface area (Å²) in [6.45, 7) is 3.85. The molecule has 2 rings (SSSR count). The molecule has 1 aromatic carbocycles. The zero-order valence-electron chi connectivity index (χ0n) is 8.56. The average molecular weight is 240 g/mol. The topological polar surface area (TPSA) is 56.0 Å².